The van der Waals surface area contributed by atoms with E-state index in [2.05, 4.69) is 22.3 Å². The Morgan fingerprint density at radius 3 is 2.77 bits per heavy atom. The first kappa shape index (κ1) is 23.7. The van der Waals surface area contributed by atoms with Crippen molar-refractivity contribution in [2.24, 2.45) is 0 Å². The normalized spacial score (nSPS) is 19.9. The monoisotopic (exact) mass is 498 g/mol. The molecule has 3 aliphatic heterocycles. The Bertz CT molecular complexity index is 1450. The lowest BCUT2D eigenvalue weighted by molar-refractivity contribution is -0.577. The largest absolute Gasteiger partial charge is 1.00 e. The minimum absolute atomic E-state index is 0. The van der Waals surface area contributed by atoms with Gasteiger partial charge in [-0.05, 0) is 44.3 Å². The highest BCUT2D eigenvalue weighted by Crippen LogP contribution is 2.41. The summed E-state index contributed by atoms with van der Waals surface area (Å²) in [4.78, 5) is 33.0. The Hall–Kier alpha value is -2.98. The molecule has 0 fully saturated rings. The number of ether oxygens (including phenoxy) is 2. The first-order valence-corrected chi connectivity index (χ1v) is 11.6. The summed E-state index contributed by atoms with van der Waals surface area (Å²) < 4.78 is 12.8. The first-order valence-electron chi connectivity index (χ1n) is 11.6. The third kappa shape index (κ3) is 3.37. The van der Waals surface area contributed by atoms with Crippen molar-refractivity contribution in [3.63, 3.8) is 0 Å². The number of rotatable bonds is 3. The summed E-state index contributed by atoms with van der Waals surface area (Å²) in [5.41, 5.74) is 3.81. The van der Waals surface area contributed by atoms with E-state index < -0.39 is 11.6 Å². The van der Waals surface area contributed by atoms with Crippen molar-refractivity contribution in [3.8, 4) is 17.1 Å². The molecular weight excluding hydrogens is 472 g/mol. The maximum absolute atomic E-state index is 13.4. The van der Waals surface area contributed by atoms with Crippen LogP contribution in [-0.4, -0.2) is 52.8 Å². The molecule has 0 radical (unpaired) electrons. The molecule has 3 aromatic rings. The number of carbonyl (C=O) groups is 1. The van der Waals surface area contributed by atoms with Gasteiger partial charge in [0.1, 0.15) is 19.8 Å². The van der Waals surface area contributed by atoms with E-state index in [1.54, 1.807) is 17.6 Å². The number of benzene rings is 1. The molecule has 3 N–H and O–H groups in total. The van der Waals surface area contributed by atoms with Crippen LogP contribution in [0.5, 0.6) is 5.75 Å². The van der Waals surface area contributed by atoms with E-state index in [1.165, 1.54) is 0 Å². The molecule has 6 rings (SSSR count). The number of nitrogens with zero attached hydrogens (tertiary/aromatic N) is 3. The molecule has 0 amide bonds. The molecule has 0 bridgehead atoms. The molecule has 5 heterocycles. The fourth-order valence-electron chi connectivity index (χ4n) is 5.37. The second-order valence-electron chi connectivity index (χ2n) is 9.52. The maximum Gasteiger partial charge on any atom is 0.343 e. The summed E-state index contributed by atoms with van der Waals surface area (Å²) in [5.74, 6) is 0.149. The first-order chi connectivity index (χ1) is 16.3. The lowest BCUT2D eigenvalue weighted by Gasteiger charge is -2.31. The number of aromatic nitrogens is 2. The smallest absolute Gasteiger partial charge is 0.343 e. The number of hydrogen-bond acceptors (Lipinski definition) is 7. The highest BCUT2D eigenvalue weighted by molar-refractivity contribution is 5.96. The zero-order valence-electron chi connectivity index (χ0n) is 19.9. The van der Waals surface area contributed by atoms with Crippen LogP contribution in [0.4, 0.5) is 5.69 Å². The van der Waals surface area contributed by atoms with E-state index in [0.29, 0.717) is 42.2 Å². The summed E-state index contributed by atoms with van der Waals surface area (Å²) in [6.07, 6.45) is 0.120. The van der Waals surface area contributed by atoms with E-state index in [1.807, 2.05) is 14.1 Å². The lowest BCUT2D eigenvalue weighted by atomic mass is 9.86. The van der Waals surface area contributed by atoms with E-state index in [0.717, 1.165) is 40.0 Å². The third-order valence-corrected chi connectivity index (χ3v) is 7.09. The molecule has 1 aromatic carbocycles. The molecule has 184 valence electrons. The van der Waals surface area contributed by atoms with Crippen molar-refractivity contribution in [2.45, 2.75) is 38.6 Å². The molecule has 9 nitrogen and oxygen atoms in total. The van der Waals surface area contributed by atoms with Gasteiger partial charge in [-0.25, -0.2) is 9.78 Å². The number of aliphatic hydroxyl groups is 1. The fraction of sp³-hybridized carbons (Fsp3) is 0.400. The second kappa shape index (κ2) is 8.30. The third-order valence-electron chi connectivity index (χ3n) is 7.09. The Kier molecular flexibility index (Phi) is 5.63. The molecule has 0 saturated heterocycles. The zero-order valence-corrected chi connectivity index (χ0v) is 20.6. The van der Waals surface area contributed by atoms with Gasteiger partial charge < -0.3 is 41.8 Å². The van der Waals surface area contributed by atoms with Gasteiger partial charge in [-0.2, -0.15) is 0 Å². The number of hydrogen-bond donors (Lipinski definition) is 2. The average molecular weight is 499 g/mol. The number of carbonyl (C=O) groups excluding carboxylic acids is 1. The number of quaternary nitrogens is 1. The predicted molar refractivity (Wildman–Crippen MR) is 124 cm³/mol. The highest BCUT2D eigenvalue weighted by atomic mass is 35.5. The van der Waals surface area contributed by atoms with Gasteiger partial charge in [-0.1, -0.05) is 6.92 Å². The van der Waals surface area contributed by atoms with E-state index in [4.69, 9.17) is 14.5 Å². The SMILES string of the molecule is CC[C@@]1(O)C(=O)OCc2c1cc1n(c2=O)Cc2cc3c4c(cc(CN(C)C)c3nc2-1)OCC[NH2+]4.[Cl-]. The highest BCUT2D eigenvalue weighted by Gasteiger charge is 2.45. The van der Waals surface area contributed by atoms with Crippen LogP contribution in [0.15, 0.2) is 23.0 Å². The Morgan fingerprint density at radius 2 is 2.03 bits per heavy atom. The number of esters is 1. The summed E-state index contributed by atoms with van der Waals surface area (Å²) in [5, 5.41) is 14.3. The summed E-state index contributed by atoms with van der Waals surface area (Å²) in [6, 6.07) is 5.93. The van der Waals surface area contributed by atoms with Crippen molar-refractivity contribution >= 4 is 22.6 Å². The Balaban J connectivity index is 0.00000253. The van der Waals surface area contributed by atoms with Crippen LogP contribution in [-0.2, 0) is 34.8 Å². The summed E-state index contributed by atoms with van der Waals surface area (Å²) >= 11 is 0. The van der Waals surface area contributed by atoms with Gasteiger partial charge in [-0.15, -0.1) is 0 Å². The predicted octanol–water partition coefficient (Wildman–Crippen LogP) is -2.27. The number of nitrogens with two attached hydrogens (primary N) is 1. The molecule has 3 aliphatic rings. The molecular formula is C25H27ClN4O5. The van der Waals surface area contributed by atoms with Crippen LogP contribution >= 0.6 is 0 Å². The van der Waals surface area contributed by atoms with Gasteiger partial charge in [0, 0.05) is 17.7 Å². The molecule has 1 atom stereocenters. The molecule has 0 unspecified atom stereocenters. The van der Waals surface area contributed by atoms with E-state index >= 15 is 0 Å². The molecule has 2 aromatic heterocycles. The van der Waals surface area contributed by atoms with E-state index in [9.17, 15) is 14.7 Å². The summed E-state index contributed by atoms with van der Waals surface area (Å²) in [7, 11) is 4.02. The van der Waals surface area contributed by atoms with Gasteiger partial charge in [0.05, 0.1) is 34.4 Å². The minimum atomic E-state index is -1.83. The molecule has 10 heteroatoms. The van der Waals surface area contributed by atoms with Crippen LogP contribution in [0.1, 0.15) is 35.6 Å². The molecule has 0 saturated carbocycles. The van der Waals surface area contributed by atoms with Crippen molar-refractivity contribution in [1.29, 1.82) is 0 Å². The van der Waals surface area contributed by atoms with Crippen LogP contribution in [0, 0.1) is 0 Å². The van der Waals surface area contributed by atoms with Crippen LogP contribution in [0.25, 0.3) is 22.3 Å². The van der Waals surface area contributed by atoms with Gasteiger partial charge in [0.2, 0.25) is 0 Å². The molecule has 0 spiro atoms. The van der Waals surface area contributed by atoms with Crippen LogP contribution < -0.4 is 28.0 Å². The fourth-order valence-corrected chi connectivity index (χ4v) is 5.37. The number of fused-ring (bicyclic) bond motifs is 7. The van der Waals surface area contributed by atoms with Crippen molar-refractivity contribution in [1.82, 2.24) is 14.5 Å². The lowest BCUT2D eigenvalue weighted by Crippen LogP contribution is -3.00. The van der Waals surface area contributed by atoms with Gasteiger partial charge in [0.15, 0.2) is 17.0 Å². The quantitative estimate of drug-likeness (QED) is 0.242. The summed E-state index contributed by atoms with van der Waals surface area (Å²) in [6.45, 7) is 4.14. The van der Waals surface area contributed by atoms with Crippen LogP contribution in [0.3, 0.4) is 0 Å². The maximum atomic E-state index is 13.4. The van der Waals surface area contributed by atoms with Crippen molar-refractivity contribution < 1.29 is 37.1 Å². The van der Waals surface area contributed by atoms with Crippen LogP contribution in [0.2, 0.25) is 0 Å². The average Bonchev–Trinajstić information content (AvgIpc) is 3.18. The number of halogens is 1. The van der Waals surface area contributed by atoms with Gasteiger partial charge in [-0.3, -0.25) is 4.79 Å². The second-order valence-corrected chi connectivity index (χ2v) is 9.52. The Morgan fingerprint density at radius 1 is 1.23 bits per heavy atom. The zero-order chi connectivity index (χ0) is 23.8. The van der Waals surface area contributed by atoms with Crippen molar-refractivity contribution in [3.05, 3.63) is 50.8 Å². The van der Waals surface area contributed by atoms with Gasteiger partial charge >= 0.3 is 5.97 Å². The number of cyclic esters (lactones) is 1. The standard InChI is InChI=1S/C25H26N4O5.ClH/c1-4-25(32)17-9-18-21-13(11-29(18)23(30)16(17)12-34-24(25)31)7-15-20(27-21)14(10-28(2)3)8-19-22(15)26-5-6-33-19;/h7-9,26,32H,4-6,10-12H2,1-3H3;1H/t25-;/m0./s1. The Labute approximate surface area is 208 Å². The number of pyridine rings is 2. The topological polar surface area (TPSA) is 110 Å². The molecule has 35 heavy (non-hydrogen) atoms. The molecule has 0 aliphatic carbocycles. The van der Waals surface area contributed by atoms with Gasteiger partial charge in [0.25, 0.3) is 5.56 Å². The van der Waals surface area contributed by atoms with Crippen molar-refractivity contribution in [2.75, 3.05) is 27.2 Å². The minimum Gasteiger partial charge on any atom is -1.00 e. The van der Waals surface area contributed by atoms with E-state index in [-0.39, 0.29) is 31.0 Å².